The van der Waals surface area contributed by atoms with E-state index in [2.05, 4.69) is 27.3 Å². The molecule has 1 aliphatic heterocycles. The van der Waals surface area contributed by atoms with E-state index in [4.69, 9.17) is 9.47 Å². The van der Waals surface area contributed by atoms with Crippen LogP contribution in [0, 0.1) is 12.7 Å². The number of nitrogens with one attached hydrogen (secondary N) is 1. The number of rotatable bonds is 8. The SMILES string of the molecule is CCOc1cc(/C=C2/NC(=O)N(Cc3ccc(F)cc3)C2=O)cc(Br)c1OCc1cccc(C)c1. The summed E-state index contributed by atoms with van der Waals surface area (Å²) in [6.07, 6.45) is 1.59. The normalized spacial score (nSPS) is 14.4. The van der Waals surface area contributed by atoms with Crippen LogP contribution in [0.2, 0.25) is 0 Å². The van der Waals surface area contributed by atoms with E-state index >= 15 is 0 Å². The quantitative estimate of drug-likeness (QED) is 0.283. The lowest BCUT2D eigenvalue weighted by atomic mass is 10.1. The van der Waals surface area contributed by atoms with Gasteiger partial charge in [0.1, 0.15) is 18.1 Å². The number of nitrogens with zero attached hydrogens (tertiary/aromatic N) is 1. The first-order valence-electron chi connectivity index (χ1n) is 11.1. The van der Waals surface area contributed by atoms with Crippen LogP contribution in [0.15, 0.2) is 70.8 Å². The first-order chi connectivity index (χ1) is 16.8. The lowest BCUT2D eigenvalue weighted by Gasteiger charge is -2.15. The third kappa shape index (κ3) is 5.89. The zero-order valence-corrected chi connectivity index (χ0v) is 20.9. The summed E-state index contributed by atoms with van der Waals surface area (Å²) < 4.78 is 25.7. The molecule has 1 saturated heterocycles. The monoisotopic (exact) mass is 538 g/mol. The molecule has 35 heavy (non-hydrogen) atoms. The highest BCUT2D eigenvalue weighted by Crippen LogP contribution is 2.38. The van der Waals surface area contributed by atoms with Crippen LogP contribution in [-0.2, 0) is 17.9 Å². The molecule has 3 aromatic rings. The fourth-order valence-electron chi connectivity index (χ4n) is 3.69. The van der Waals surface area contributed by atoms with Crippen LogP contribution in [-0.4, -0.2) is 23.4 Å². The largest absolute Gasteiger partial charge is 0.490 e. The zero-order valence-electron chi connectivity index (χ0n) is 19.3. The molecule has 1 fully saturated rings. The Labute approximate surface area is 211 Å². The van der Waals surface area contributed by atoms with Gasteiger partial charge in [-0.2, -0.15) is 0 Å². The summed E-state index contributed by atoms with van der Waals surface area (Å²) in [6, 6.07) is 16.7. The van der Waals surface area contributed by atoms with E-state index in [-0.39, 0.29) is 18.1 Å². The molecule has 4 rings (SSSR count). The van der Waals surface area contributed by atoms with Gasteiger partial charge in [-0.25, -0.2) is 9.18 Å². The topological polar surface area (TPSA) is 67.9 Å². The number of halogens is 2. The number of carbonyl (C=O) groups is 2. The summed E-state index contributed by atoms with van der Waals surface area (Å²) in [5, 5.41) is 2.61. The number of hydrogen-bond acceptors (Lipinski definition) is 4. The Kier molecular flexibility index (Phi) is 7.51. The molecule has 1 heterocycles. The van der Waals surface area contributed by atoms with E-state index in [0.717, 1.165) is 16.0 Å². The number of urea groups is 1. The molecule has 8 heteroatoms. The standard InChI is InChI=1S/C27H24BrFN2O4/c1-3-34-24-14-20(12-22(28)25(24)35-16-19-6-4-5-17(2)11-19)13-23-26(32)31(27(33)30-23)15-18-7-9-21(29)10-8-18/h4-14H,3,15-16H2,1-2H3,(H,30,33)/b23-13+. The van der Waals surface area contributed by atoms with Crippen molar-refractivity contribution >= 4 is 33.9 Å². The van der Waals surface area contributed by atoms with Crippen molar-refractivity contribution in [2.24, 2.45) is 0 Å². The second-order valence-electron chi connectivity index (χ2n) is 8.05. The molecule has 180 valence electrons. The Hall–Kier alpha value is -3.65. The first kappa shape index (κ1) is 24.5. The van der Waals surface area contributed by atoms with Crippen LogP contribution in [0.1, 0.15) is 29.2 Å². The minimum Gasteiger partial charge on any atom is -0.490 e. The third-order valence-corrected chi connectivity index (χ3v) is 5.91. The third-order valence-electron chi connectivity index (χ3n) is 5.32. The molecule has 1 aliphatic rings. The lowest BCUT2D eigenvalue weighted by Crippen LogP contribution is -2.30. The molecule has 0 unspecified atom stereocenters. The Balaban J connectivity index is 1.55. The number of benzene rings is 3. The van der Waals surface area contributed by atoms with E-state index in [0.29, 0.717) is 40.3 Å². The molecule has 0 aromatic heterocycles. The van der Waals surface area contributed by atoms with Crippen LogP contribution in [0.25, 0.3) is 6.08 Å². The van der Waals surface area contributed by atoms with Crippen LogP contribution < -0.4 is 14.8 Å². The minimum absolute atomic E-state index is 0.0436. The molecule has 0 atom stereocenters. The van der Waals surface area contributed by atoms with Crippen molar-refractivity contribution in [1.29, 1.82) is 0 Å². The van der Waals surface area contributed by atoms with Crippen molar-refractivity contribution in [3.63, 3.8) is 0 Å². The Morgan fingerprint density at radius 2 is 1.80 bits per heavy atom. The molecule has 0 bridgehead atoms. The van der Waals surface area contributed by atoms with Gasteiger partial charge in [-0.3, -0.25) is 9.69 Å². The average molecular weight is 539 g/mol. The second-order valence-corrected chi connectivity index (χ2v) is 8.90. The molecule has 3 aromatic carbocycles. The summed E-state index contributed by atoms with van der Waals surface area (Å²) in [4.78, 5) is 26.4. The van der Waals surface area contributed by atoms with Gasteiger partial charge in [0.2, 0.25) is 0 Å². The van der Waals surface area contributed by atoms with Gasteiger partial charge in [-0.15, -0.1) is 0 Å². The van der Waals surface area contributed by atoms with Gasteiger partial charge < -0.3 is 14.8 Å². The summed E-state index contributed by atoms with van der Waals surface area (Å²) in [5.74, 6) is 0.221. The van der Waals surface area contributed by atoms with Crippen molar-refractivity contribution in [3.8, 4) is 11.5 Å². The molecular formula is C27H24BrFN2O4. The Morgan fingerprint density at radius 1 is 1.03 bits per heavy atom. The summed E-state index contributed by atoms with van der Waals surface area (Å²) in [5.41, 5.74) is 3.61. The Morgan fingerprint density at radius 3 is 2.51 bits per heavy atom. The Bertz CT molecular complexity index is 1290. The van der Waals surface area contributed by atoms with Crippen LogP contribution >= 0.6 is 15.9 Å². The summed E-state index contributed by atoms with van der Waals surface area (Å²) in [7, 11) is 0. The van der Waals surface area contributed by atoms with Gasteiger partial charge >= 0.3 is 6.03 Å². The molecular weight excluding hydrogens is 515 g/mol. The van der Waals surface area contributed by atoms with Gasteiger partial charge in [-0.1, -0.05) is 42.0 Å². The number of carbonyl (C=O) groups excluding carboxylic acids is 2. The van der Waals surface area contributed by atoms with Crippen molar-refractivity contribution < 1.29 is 23.5 Å². The van der Waals surface area contributed by atoms with Crippen LogP contribution in [0.3, 0.4) is 0 Å². The van der Waals surface area contributed by atoms with Crippen LogP contribution in [0.5, 0.6) is 11.5 Å². The zero-order chi connectivity index (χ0) is 24.9. The molecule has 0 spiro atoms. The van der Waals surface area contributed by atoms with Crippen molar-refractivity contribution in [2.75, 3.05) is 6.61 Å². The summed E-state index contributed by atoms with van der Waals surface area (Å²) in [6.45, 7) is 4.73. The van der Waals surface area contributed by atoms with E-state index in [1.165, 1.54) is 12.1 Å². The number of hydrogen-bond donors (Lipinski definition) is 1. The number of amides is 3. The first-order valence-corrected chi connectivity index (χ1v) is 11.9. The average Bonchev–Trinajstić information content (AvgIpc) is 3.07. The number of ether oxygens (including phenoxy) is 2. The van der Waals surface area contributed by atoms with Crippen LogP contribution in [0.4, 0.5) is 9.18 Å². The van der Waals surface area contributed by atoms with Crippen molar-refractivity contribution in [3.05, 3.63) is 98.9 Å². The van der Waals surface area contributed by atoms with Gasteiger partial charge in [-0.05, 0) is 76.8 Å². The highest BCUT2D eigenvalue weighted by molar-refractivity contribution is 9.10. The minimum atomic E-state index is -0.534. The van der Waals surface area contributed by atoms with E-state index in [9.17, 15) is 14.0 Å². The molecule has 3 amide bonds. The van der Waals surface area contributed by atoms with Crippen molar-refractivity contribution in [2.45, 2.75) is 27.0 Å². The number of imide groups is 1. The predicted octanol–water partition coefficient (Wildman–Crippen LogP) is 5.97. The fourth-order valence-corrected chi connectivity index (χ4v) is 4.26. The van der Waals surface area contributed by atoms with E-state index in [1.807, 2.05) is 32.0 Å². The maximum absolute atomic E-state index is 13.2. The van der Waals surface area contributed by atoms with Gasteiger partial charge in [0.15, 0.2) is 11.5 Å². The summed E-state index contributed by atoms with van der Waals surface area (Å²) >= 11 is 3.55. The molecule has 0 radical (unpaired) electrons. The number of aryl methyl sites for hydroxylation is 1. The van der Waals surface area contributed by atoms with Gasteiger partial charge in [0.05, 0.1) is 17.6 Å². The fraction of sp³-hybridized carbons (Fsp3) is 0.185. The lowest BCUT2D eigenvalue weighted by molar-refractivity contribution is -0.123. The second kappa shape index (κ2) is 10.7. The maximum Gasteiger partial charge on any atom is 0.329 e. The predicted molar refractivity (Wildman–Crippen MR) is 134 cm³/mol. The smallest absolute Gasteiger partial charge is 0.329 e. The van der Waals surface area contributed by atoms with E-state index in [1.54, 1.807) is 30.3 Å². The molecule has 0 aliphatic carbocycles. The van der Waals surface area contributed by atoms with Crippen molar-refractivity contribution in [1.82, 2.24) is 10.2 Å². The van der Waals surface area contributed by atoms with Gasteiger partial charge in [0, 0.05) is 0 Å². The highest BCUT2D eigenvalue weighted by Gasteiger charge is 2.33. The molecule has 6 nitrogen and oxygen atoms in total. The van der Waals surface area contributed by atoms with E-state index < -0.39 is 11.9 Å². The molecule has 1 N–H and O–H groups in total. The highest BCUT2D eigenvalue weighted by atomic mass is 79.9. The maximum atomic E-state index is 13.2. The van der Waals surface area contributed by atoms with Gasteiger partial charge in [0.25, 0.3) is 5.91 Å². The molecule has 0 saturated carbocycles.